The number of para-hydroxylation sites is 1. The minimum Gasteiger partial charge on any atom is -0.311 e. The van der Waals surface area contributed by atoms with Gasteiger partial charge in [-0.05, 0) is 38.6 Å². The third-order valence-electron chi connectivity index (χ3n) is 4.29. The Kier molecular flexibility index (Phi) is 4.68. The van der Waals surface area contributed by atoms with Crippen LogP contribution >= 0.6 is 0 Å². The predicted molar refractivity (Wildman–Crippen MR) is 85.5 cm³/mol. The molecule has 0 aliphatic carbocycles. The van der Waals surface area contributed by atoms with E-state index in [2.05, 4.69) is 40.7 Å². The molecular formula is C17H24N4. The molecule has 1 aliphatic rings. The van der Waals surface area contributed by atoms with Gasteiger partial charge >= 0.3 is 0 Å². The molecule has 4 heteroatoms. The number of likely N-dealkylation sites (tertiary alicyclic amines) is 1. The molecule has 1 unspecified atom stereocenters. The molecule has 1 aromatic heterocycles. The summed E-state index contributed by atoms with van der Waals surface area (Å²) in [5.41, 5.74) is 2.34. The van der Waals surface area contributed by atoms with E-state index in [1.54, 1.807) is 0 Å². The second-order valence-corrected chi connectivity index (χ2v) is 5.89. The van der Waals surface area contributed by atoms with Gasteiger partial charge in [0.15, 0.2) is 0 Å². The Morgan fingerprint density at radius 1 is 1.24 bits per heavy atom. The van der Waals surface area contributed by atoms with E-state index in [0.29, 0.717) is 6.04 Å². The van der Waals surface area contributed by atoms with Crippen molar-refractivity contribution in [2.24, 2.45) is 0 Å². The number of piperidine rings is 1. The highest BCUT2D eigenvalue weighted by atomic mass is 15.3. The monoisotopic (exact) mass is 284 g/mol. The van der Waals surface area contributed by atoms with Crippen molar-refractivity contribution in [3.63, 3.8) is 0 Å². The first-order valence-electron chi connectivity index (χ1n) is 7.83. The molecule has 1 atom stereocenters. The SMILES string of the molecule is CN1CCCCC1CNCc1cnn(-c2ccccc2)c1. The van der Waals surface area contributed by atoms with Crippen LogP contribution in [0.1, 0.15) is 24.8 Å². The molecule has 4 nitrogen and oxygen atoms in total. The molecule has 3 rings (SSSR count). The van der Waals surface area contributed by atoms with Crippen LogP contribution in [0.25, 0.3) is 5.69 Å². The van der Waals surface area contributed by atoms with Gasteiger partial charge in [0.25, 0.3) is 0 Å². The fourth-order valence-electron chi connectivity index (χ4n) is 2.96. The van der Waals surface area contributed by atoms with Crippen LogP contribution < -0.4 is 5.32 Å². The summed E-state index contributed by atoms with van der Waals surface area (Å²) in [7, 11) is 2.24. The summed E-state index contributed by atoms with van der Waals surface area (Å²) in [6.07, 6.45) is 8.07. The summed E-state index contributed by atoms with van der Waals surface area (Å²) in [4.78, 5) is 2.48. The average Bonchev–Trinajstić information content (AvgIpc) is 2.99. The van der Waals surface area contributed by atoms with Gasteiger partial charge in [0.1, 0.15) is 0 Å². The van der Waals surface area contributed by atoms with Crippen molar-refractivity contribution in [2.45, 2.75) is 31.8 Å². The number of rotatable bonds is 5. The molecule has 112 valence electrons. The molecule has 21 heavy (non-hydrogen) atoms. The van der Waals surface area contributed by atoms with E-state index in [1.807, 2.05) is 29.1 Å². The van der Waals surface area contributed by atoms with Crippen LogP contribution in [-0.4, -0.2) is 40.9 Å². The molecule has 0 radical (unpaired) electrons. The summed E-state index contributed by atoms with van der Waals surface area (Å²) in [5, 5.41) is 8.00. The van der Waals surface area contributed by atoms with Crippen LogP contribution in [0.4, 0.5) is 0 Å². The zero-order chi connectivity index (χ0) is 14.5. The summed E-state index contributed by atoms with van der Waals surface area (Å²) in [6, 6.07) is 10.9. The van der Waals surface area contributed by atoms with Gasteiger partial charge in [-0.15, -0.1) is 0 Å². The molecule has 1 aromatic carbocycles. The lowest BCUT2D eigenvalue weighted by molar-refractivity contribution is 0.181. The van der Waals surface area contributed by atoms with E-state index < -0.39 is 0 Å². The zero-order valence-electron chi connectivity index (χ0n) is 12.7. The standard InChI is InChI=1S/C17H24N4/c1-20-10-6-5-9-17(20)13-18-11-15-12-19-21(14-15)16-7-3-2-4-8-16/h2-4,7-8,12,14,17-18H,5-6,9-11,13H2,1H3. The van der Waals surface area contributed by atoms with Gasteiger partial charge in [0.05, 0.1) is 11.9 Å². The molecular weight excluding hydrogens is 260 g/mol. The summed E-state index contributed by atoms with van der Waals surface area (Å²) in [5.74, 6) is 0. The van der Waals surface area contributed by atoms with Gasteiger partial charge < -0.3 is 10.2 Å². The zero-order valence-corrected chi connectivity index (χ0v) is 12.7. The third kappa shape index (κ3) is 3.71. The van der Waals surface area contributed by atoms with Crippen molar-refractivity contribution >= 4 is 0 Å². The molecule has 1 N–H and O–H groups in total. The van der Waals surface area contributed by atoms with Crippen molar-refractivity contribution in [3.05, 3.63) is 48.3 Å². The van der Waals surface area contributed by atoms with E-state index in [-0.39, 0.29) is 0 Å². The van der Waals surface area contributed by atoms with Crippen molar-refractivity contribution in [3.8, 4) is 5.69 Å². The molecule has 1 saturated heterocycles. The average molecular weight is 284 g/mol. The largest absolute Gasteiger partial charge is 0.311 e. The Bertz CT molecular complexity index is 549. The van der Waals surface area contributed by atoms with Gasteiger partial charge in [0.2, 0.25) is 0 Å². The van der Waals surface area contributed by atoms with Gasteiger partial charge in [0, 0.05) is 30.9 Å². The summed E-state index contributed by atoms with van der Waals surface area (Å²) in [6.45, 7) is 3.18. The highest BCUT2D eigenvalue weighted by Crippen LogP contribution is 2.14. The minimum atomic E-state index is 0.683. The molecule has 1 fully saturated rings. The Labute approximate surface area is 126 Å². The molecule has 0 spiro atoms. The number of nitrogens with one attached hydrogen (secondary N) is 1. The highest BCUT2D eigenvalue weighted by molar-refractivity contribution is 5.30. The molecule has 0 bridgehead atoms. The van der Waals surface area contributed by atoms with Crippen LogP contribution in [-0.2, 0) is 6.54 Å². The first-order valence-corrected chi connectivity index (χ1v) is 7.83. The molecule has 1 aliphatic heterocycles. The number of hydrogen-bond donors (Lipinski definition) is 1. The quantitative estimate of drug-likeness (QED) is 0.915. The van der Waals surface area contributed by atoms with Crippen molar-refractivity contribution in [1.29, 1.82) is 0 Å². The second kappa shape index (κ2) is 6.87. The minimum absolute atomic E-state index is 0.683. The third-order valence-corrected chi connectivity index (χ3v) is 4.29. The van der Waals surface area contributed by atoms with Crippen LogP contribution in [0.5, 0.6) is 0 Å². The molecule has 2 aromatic rings. The molecule has 0 saturated carbocycles. The normalized spacial score (nSPS) is 19.8. The molecule has 2 heterocycles. The maximum atomic E-state index is 4.43. The van der Waals surface area contributed by atoms with Crippen LogP contribution in [0.15, 0.2) is 42.7 Å². The first kappa shape index (κ1) is 14.3. The maximum Gasteiger partial charge on any atom is 0.0645 e. The van der Waals surface area contributed by atoms with E-state index >= 15 is 0 Å². The second-order valence-electron chi connectivity index (χ2n) is 5.89. The fraction of sp³-hybridized carbons (Fsp3) is 0.471. The highest BCUT2D eigenvalue weighted by Gasteiger charge is 2.17. The first-order chi connectivity index (χ1) is 10.3. The lowest BCUT2D eigenvalue weighted by Gasteiger charge is -2.32. The number of aromatic nitrogens is 2. The number of nitrogens with zero attached hydrogens (tertiary/aromatic N) is 3. The number of hydrogen-bond acceptors (Lipinski definition) is 3. The van der Waals surface area contributed by atoms with Gasteiger partial charge in [-0.25, -0.2) is 4.68 Å². The Morgan fingerprint density at radius 3 is 2.90 bits per heavy atom. The van der Waals surface area contributed by atoms with Gasteiger partial charge in [-0.3, -0.25) is 0 Å². The number of likely N-dealkylation sites (N-methyl/N-ethyl adjacent to an activating group) is 1. The Hall–Kier alpha value is -1.65. The smallest absolute Gasteiger partial charge is 0.0645 e. The van der Waals surface area contributed by atoms with Crippen molar-refractivity contribution in [1.82, 2.24) is 20.0 Å². The lowest BCUT2D eigenvalue weighted by atomic mass is 10.0. The molecule has 0 amide bonds. The van der Waals surface area contributed by atoms with Crippen molar-refractivity contribution < 1.29 is 0 Å². The van der Waals surface area contributed by atoms with E-state index in [0.717, 1.165) is 18.8 Å². The summed E-state index contributed by atoms with van der Waals surface area (Å²) >= 11 is 0. The fourth-order valence-corrected chi connectivity index (χ4v) is 2.96. The topological polar surface area (TPSA) is 33.1 Å². The Balaban J connectivity index is 1.51. The maximum absolute atomic E-state index is 4.43. The van der Waals surface area contributed by atoms with E-state index in [9.17, 15) is 0 Å². The van der Waals surface area contributed by atoms with Gasteiger partial charge in [-0.1, -0.05) is 24.6 Å². The summed E-state index contributed by atoms with van der Waals surface area (Å²) < 4.78 is 1.93. The van der Waals surface area contributed by atoms with Crippen LogP contribution in [0.2, 0.25) is 0 Å². The number of benzene rings is 1. The lowest BCUT2D eigenvalue weighted by Crippen LogP contribution is -2.42. The Morgan fingerprint density at radius 2 is 2.10 bits per heavy atom. The van der Waals surface area contributed by atoms with Crippen LogP contribution in [0.3, 0.4) is 0 Å². The predicted octanol–water partition coefficient (Wildman–Crippen LogP) is 2.45. The van der Waals surface area contributed by atoms with E-state index in [4.69, 9.17) is 0 Å². The van der Waals surface area contributed by atoms with Crippen LogP contribution in [0, 0.1) is 0 Å². The van der Waals surface area contributed by atoms with Crippen molar-refractivity contribution in [2.75, 3.05) is 20.1 Å². The van der Waals surface area contributed by atoms with E-state index in [1.165, 1.54) is 31.4 Å². The van der Waals surface area contributed by atoms with Gasteiger partial charge in [-0.2, -0.15) is 5.10 Å².